The molecule has 0 aliphatic heterocycles. The van der Waals surface area contributed by atoms with Gasteiger partial charge in [0.15, 0.2) is 0 Å². The Balaban J connectivity index is 2.32. The van der Waals surface area contributed by atoms with Crippen LogP contribution in [0.15, 0.2) is 12.1 Å². The predicted octanol–water partition coefficient (Wildman–Crippen LogP) is 2.59. The summed E-state index contributed by atoms with van der Waals surface area (Å²) in [6.45, 7) is 4.37. The van der Waals surface area contributed by atoms with Crippen molar-refractivity contribution in [1.82, 2.24) is 0 Å². The van der Waals surface area contributed by atoms with Gasteiger partial charge in [-0.25, -0.2) is 0 Å². The SMILES string of the molecule is Cc1cc2c(s1)C=c1cc(C)sc1=CC2. The van der Waals surface area contributed by atoms with E-state index in [9.17, 15) is 0 Å². The Kier molecular flexibility index (Phi) is 2.08. The van der Waals surface area contributed by atoms with Crippen LogP contribution in [0.25, 0.3) is 12.2 Å². The lowest BCUT2D eigenvalue weighted by Crippen LogP contribution is -2.16. The molecule has 0 amide bonds. The zero-order valence-electron chi connectivity index (χ0n) is 8.83. The topological polar surface area (TPSA) is 0 Å². The third kappa shape index (κ3) is 1.58. The first-order valence-corrected chi connectivity index (χ1v) is 6.73. The van der Waals surface area contributed by atoms with E-state index < -0.39 is 0 Å². The summed E-state index contributed by atoms with van der Waals surface area (Å²) < 4.78 is 1.44. The lowest BCUT2D eigenvalue weighted by Gasteiger charge is -1.90. The normalized spacial score (nSPS) is 13.5. The van der Waals surface area contributed by atoms with E-state index in [2.05, 4.69) is 38.1 Å². The smallest absolute Gasteiger partial charge is 0.0314 e. The van der Waals surface area contributed by atoms with Gasteiger partial charge in [-0.15, -0.1) is 22.7 Å². The van der Waals surface area contributed by atoms with Gasteiger partial charge in [-0.3, -0.25) is 0 Å². The zero-order chi connectivity index (χ0) is 10.4. The summed E-state index contributed by atoms with van der Waals surface area (Å²) in [5.74, 6) is 0. The van der Waals surface area contributed by atoms with Crippen LogP contribution in [-0.4, -0.2) is 0 Å². The van der Waals surface area contributed by atoms with E-state index in [1.54, 1.807) is 0 Å². The number of aryl methyl sites for hydroxylation is 2. The number of hydrogen-bond acceptors (Lipinski definition) is 2. The van der Waals surface area contributed by atoms with Gasteiger partial charge in [0.1, 0.15) is 0 Å². The predicted molar refractivity (Wildman–Crippen MR) is 69.1 cm³/mol. The van der Waals surface area contributed by atoms with Gasteiger partial charge in [0.25, 0.3) is 0 Å². The van der Waals surface area contributed by atoms with E-state index in [1.807, 2.05) is 22.7 Å². The Labute approximate surface area is 97.2 Å². The molecule has 0 bridgehead atoms. The minimum Gasteiger partial charge on any atom is -0.141 e. The van der Waals surface area contributed by atoms with Gasteiger partial charge < -0.3 is 0 Å². The molecule has 2 heterocycles. The summed E-state index contributed by atoms with van der Waals surface area (Å²) in [4.78, 5) is 4.27. The number of thiophene rings is 2. The molecule has 0 spiro atoms. The minimum absolute atomic E-state index is 1.09. The first-order valence-electron chi connectivity index (χ1n) is 5.10. The van der Waals surface area contributed by atoms with Crippen molar-refractivity contribution in [2.75, 3.05) is 0 Å². The largest absolute Gasteiger partial charge is 0.141 e. The molecule has 0 nitrogen and oxygen atoms in total. The van der Waals surface area contributed by atoms with Crippen molar-refractivity contribution in [3.63, 3.8) is 0 Å². The van der Waals surface area contributed by atoms with E-state index in [1.165, 1.54) is 29.9 Å². The quantitative estimate of drug-likeness (QED) is 0.655. The van der Waals surface area contributed by atoms with Crippen LogP contribution in [0.5, 0.6) is 0 Å². The second-order valence-electron chi connectivity index (χ2n) is 3.98. The van der Waals surface area contributed by atoms with E-state index >= 15 is 0 Å². The van der Waals surface area contributed by atoms with Crippen molar-refractivity contribution >= 4 is 34.8 Å². The molecule has 1 aliphatic rings. The van der Waals surface area contributed by atoms with Crippen LogP contribution in [0.3, 0.4) is 0 Å². The van der Waals surface area contributed by atoms with Crippen LogP contribution in [0.2, 0.25) is 0 Å². The fourth-order valence-corrected chi connectivity index (χ4v) is 3.98. The van der Waals surface area contributed by atoms with Crippen molar-refractivity contribution in [3.8, 4) is 0 Å². The van der Waals surface area contributed by atoms with Crippen LogP contribution in [-0.2, 0) is 6.42 Å². The Morgan fingerprint density at radius 3 is 2.73 bits per heavy atom. The van der Waals surface area contributed by atoms with Crippen LogP contribution in [0.1, 0.15) is 20.2 Å². The van der Waals surface area contributed by atoms with E-state index in [0.717, 1.165) is 6.42 Å². The zero-order valence-corrected chi connectivity index (χ0v) is 10.5. The molecular weight excluding hydrogens is 220 g/mol. The van der Waals surface area contributed by atoms with Crippen molar-refractivity contribution < 1.29 is 0 Å². The molecule has 2 heteroatoms. The summed E-state index contributed by atoms with van der Waals surface area (Å²) in [5, 5.41) is 1.40. The van der Waals surface area contributed by atoms with Gasteiger partial charge in [-0.05, 0) is 49.3 Å². The molecule has 2 aromatic rings. The molecule has 0 N–H and O–H groups in total. The minimum atomic E-state index is 1.09. The molecule has 2 aromatic heterocycles. The maximum atomic E-state index is 2.36. The molecule has 0 fully saturated rings. The van der Waals surface area contributed by atoms with Gasteiger partial charge in [0, 0.05) is 19.2 Å². The number of fused-ring (bicyclic) bond motifs is 2. The molecule has 0 saturated carbocycles. The summed E-state index contributed by atoms with van der Waals surface area (Å²) in [5.41, 5.74) is 1.48. The monoisotopic (exact) mass is 232 g/mol. The second-order valence-corrected chi connectivity index (χ2v) is 6.55. The van der Waals surface area contributed by atoms with Crippen LogP contribution >= 0.6 is 22.7 Å². The molecule has 0 unspecified atom stereocenters. The standard InChI is InChI=1S/C13H12S2/c1-8-5-10-3-4-12-11(6-9(2)14-12)7-13(10)15-8/h4-7H,3H2,1-2H3. The van der Waals surface area contributed by atoms with Gasteiger partial charge in [-0.1, -0.05) is 6.08 Å². The third-order valence-corrected chi connectivity index (χ3v) is 4.78. The first kappa shape index (κ1) is 9.37. The molecule has 0 radical (unpaired) electrons. The van der Waals surface area contributed by atoms with E-state index in [-0.39, 0.29) is 0 Å². The highest BCUT2D eigenvalue weighted by Gasteiger charge is 2.07. The first-order chi connectivity index (χ1) is 7.22. The van der Waals surface area contributed by atoms with Crippen LogP contribution < -0.4 is 9.75 Å². The Bertz CT molecular complexity index is 626. The van der Waals surface area contributed by atoms with Crippen LogP contribution in [0.4, 0.5) is 0 Å². The van der Waals surface area contributed by atoms with Gasteiger partial charge in [-0.2, -0.15) is 0 Å². The molecule has 1 aliphatic carbocycles. The van der Waals surface area contributed by atoms with Crippen molar-refractivity contribution in [2.45, 2.75) is 20.3 Å². The summed E-state index contributed by atoms with van der Waals surface area (Å²) in [6, 6.07) is 4.61. The Morgan fingerprint density at radius 1 is 1.07 bits per heavy atom. The maximum Gasteiger partial charge on any atom is 0.0314 e. The molecule has 0 atom stereocenters. The lowest BCUT2D eigenvalue weighted by molar-refractivity contribution is 1.36. The average Bonchev–Trinajstić information content (AvgIpc) is 2.65. The average molecular weight is 232 g/mol. The summed E-state index contributed by atoms with van der Waals surface area (Å²) in [6.07, 6.45) is 5.79. The molecule has 0 saturated heterocycles. The second kappa shape index (κ2) is 3.32. The van der Waals surface area contributed by atoms with Crippen molar-refractivity contribution in [3.05, 3.63) is 42.1 Å². The molecular formula is C13H12S2. The van der Waals surface area contributed by atoms with Crippen LogP contribution in [0, 0.1) is 13.8 Å². The van der Waals surface area contributed by atoms with Crippen molar-refractivity contribution in [2.24, 2.45) is 0 Å². The molecule has 76 valence electrons. The van der Waals surface area contributed by atoms with E-state index in [0.29, 0.717) is 0 Å². The summed E-state index contributed by atoms with van der Waals surface area (Å²) in [7, 11) is 0. The highest BCUT2D eigenvalue weighted by atomic mass is 32.1. The molecule has 0 aromatic carbocycles. The fraction of sp³-hybridized carbons (Fsp3) is 0.231. The van der Waals surface area contributed by atoms with Gasteiger partial charge in [0.05, 0.1) is 0 Å². The van der Waals surface area contributed by atoms with Gasteiger partial charge >= 0.3 is 0 Å². The molecule has 3 rings (SSSR count). The van der Waals surface area contributed by atoms with E-state index in [4.69, 9.17) is 0 Å². The summed E-state index contributed by atoms with van der Waals surface area (Å²) >= 11 is 3.80. The highest BCUT2D eigenvalue weighted by Crippen LogP contribution is 2.24. The third-order valence-electron chi connectivity index (χ3n) is 2.67. The van der Waals surface area contributed by atoms with Gasteiger partial charge in [0.2, 0.25) is 0 Å². The Hall–Kier alpha value is -0.860. The number of rotatable bonds is 0. The lowest BCUT2D eigenvalue weighted by atomic mass is 10.2. The highest BCUT2D eigenvalue weighted by molar-refractivity contribution is 7.13. The van der Waals surface area contributed by atoms with Crippen molar-refractivity contribution in [1.29, 1.82) is 0 Å². The fourth-order valence-electron chi connectivity index (χ4n) is 2.03. The maximum absolute atomic E-state index is 2.36. The Morgan fingerprint density at radius 2 is 1.87 bits per heavy atom. The molecule has 15 heavy (non-hydrogen) atoms. The number of hydrogen-bond donors (Lipinski definition) is 0.